The molecule has 1 aromatic rings. The first-order valence-electron chi connectivity index (χ1n) is 3.96. The number of esters is 1. The molecule has 74 valence electrons. The van der Waals surface area contributed by atoms with Gasteiger partial charge in [-0.15, -0.1) is 0 Å². The highest BCUT2D eigenvalue weighted by atomic mass is 16.5. The molecule has 1 aromatic carbocycles. The Morgan fingerprint density at radius 3 is 2.43 bits per heavy atom. The zero-order chi connectivity index (χ0) is 10.7. The third-order valence-electron chi connectivity index (χ3n) is 1.80. The molecule has 0 heterocycles. The molecule has 0 aliphatic carbocycles. The van der Waals surface area contributed by atoms with E-state index >= 15 is 0 Å². The molecular formula is C10H9O4-. The smallest absolute Gasteiger partial charge is 0.338 e. The van der Waals surface area contributed by atoms with E-state index in [1.165, 1.54) is 19.2 Å². The van der Waals surface area contributed by atoms with E-state index in [2.05, 4.69) is 4.74 Å². The second-order valence-electron chi connectivity index (χ2n) is 2.83. The molecule has 0 saturated carbocycles. The Bertz CT molecular complexity index is 382. The van der Waals surface area contributed by atoms with Crippen molar-refractivity contribution in [3.05, 3.63) is 34.9 Å². The largest absolute Gasteiger partial charge is 0.545 e. The number of benzene rings is 1. The summed E-state index contributed by atoms with van der Waals surface area (Å²) in [6.07, 6.45) is 0. The van der Waals surface area contributed by atoms with Crippen LogP contribution in [-0.4, -0.2) is 19.0 Å². The van der Waals surface area contributed by atoms with Crippen molar-refractivity contribution >= 4 is 11.9 Å². The molecule has 4 heteroatoms. The fourth-order valence-electron chi connectivity index (χ4n) is 1.11. The summed E-state index contributed by atoms with van der Waals surface area (Å²) in [6, 6.07) is 4.42. The van der Waals surface area contributed by atoms with Gasteiger partial charge in [0, 0.05) is 5.56 Å². The van der Waals surface area contributed by atoms with E-state index in [1.807, 2.05) is 0 Å². The van der Waals surface area contributed by atoms with Crippen molar-refractivity contribution in [1.29, 1.82) is 0 Å². The van der Waals surface area contributed by atoms with Crippen molar-refractivity contribution in [2.45, 2.75) is 6.92 Å². The molecule has 0 spiro atoms. The number of carbonyl (C=O) groups excluding carboxylic acids is 2. The third kappa shape index (κ3) is 1.90. The minimum Gasteiger partial charge on any atom is -0.545 e. The van der Waals surface area contributed by atoms with Gasteiger partial charge in [-0.1, -0.05) is 11.6 Å². The maximum atomic E-state index is 11.1. The fraction of sp³-hybridized carbons (Fsp3) is 0.200. The normalized spacial score (nSPS) is 9.57. The Kier molecular flexibility index (Phi) is 2.86. The van der Waals surface area contributed by atoms with Gasteiger partial charge in [-0.3, -0.25) is 0 Å². The Morgan fingerprint density at radius 1 is 1.29 bits per heavy atom. The number of aromatic carboxylic acids is 1. The summed E-state index contributed by atoms with van der Waals surface area (Å²) in [5.74, 6) is -2.06. The lowest BCUT2D eigenvalue weighted by Gasteiger charge is -2.09. The van der Waals surface area contributed by atoms with Crippen LogP contribution in [0, 0.1) is 6.92 Å². The first-order valence-corrected chi connectivity index (χ1v) is 3.96. The number of ether oxygens (including phenoxy) is 1. The number of carboxylic acid groups (broad SMARTS) is 1. The zero-order valence-electron chi connectivity index (χ0n) is 7.87. The predicted molar refractivity (Wildman–Crippen MR) is 46.8 cm³/mol. The first-order chi connectivity index (χ1) is 6.56. The number of aryl methyl sites for hydroxylation is 1. The minimum atomic E-state index is -1.38. The summed E-state index contributed by atoms with van der Waals surface area (Å²) >= 11 is 0. The summed E-state index contributed by atoms with van der Waals surface area (Å²) < 4.78 is 4.44. The molecule has 0 fully saturated rings. The molecule has 0 aliphatic rings. The lowest BCUT2D eigenvalue weighted by atomic mass is 10.0. The third-order valence-corrected chi connectivity index (χ3v) is 1.80. The molecule has 0 bridgehead atoms. The van der Waals surface area contributed by atoms with Crippen LogP contribution in [0.2, 0.25) is 0 Å². The zero-order valence-corrected chi connectivity index (χ0v) is 7.87. The Labute approximate surface area is 81.1 Å². The first kappa shape index (κ1) is 10.2. The highest BCUT2D eigenvalue weighted by molar-refractivity contribution is 6.01. The van der Waals surface area contributed by atoms with E-state index in [1.54, 1.807) is 13.0 Å². The number of rotatable bonds is 2. The van der Waals surface area contributed by atoms with Crippen LogP contribution in [0.5, 0.6) is 0 Å². The number of hydrogen-bond acceptors (Lipinski definition) is 4. The van der Waals surface area contributed by atoms with E-state index in [-0.39, 0.29) is 11.1 Å². The number of carbonyl (C=O) groups is 2. The summed E-state index contributed by atoms with van der Waals surface area (Å²) in [5, 5.41) is 10.7. The van der Waals surface area contributed by atoms with Crippen LogP contribution in [0.3, 0.4) is 0 Å². The molecular weight excluding hydrogens is 184 g/mol. The van der Waals surface area contributed by atoms with Crippen molar-refractivity contribution in [1.82, 2.24) is 0 Å². The van der Waals surface area contributed by atoms with Gasteiger partial charge in [0.05, 0.1) is 18.6 Å². The van der Waals surface area contributed by atoms with Crippen molar-refractivity contribution in [3.8, 4) is 0 Å². The lowest BCUT2D eigenvalue weighted by Crippen LogP contribution is -2.25. The van der Waals surface area contributed by atoms with E-state index in [9.17, 15) is 14.7 Å². The van der Waals surface area contributed by atoms with Gasteiger partial charge in [-0.25, -0.2) is 4.79 Å². The molecule has 4 nitrogen and oxygen atoms in total. The number of methoxy groups -OCH3 is 1. The van der Waals surface area contributed by atoms with Crippen molar-refractivity contribution in [3.63, 3.8) is 0 Å². The van der Waals surface area contributed by atoms with Crippen LogP contribution >= 0.6 is 0 Å². The van der Waals surface area contributed by atoms with Crippen molar-refractivity contribution in [2.24, 2.45) is 0 Å². The molecule has 0 unspecified atom stereocenters. The minimum absolute atomic E-state index is 0.0121. The second-order valence-corrected chi connectivity index (χ2v) is 2.83. The Morgan fingerprint density at radius 2 is 1.93 bits per heavy atom. The molecule has 0 atom stereocenters. The maximum Gasteiger partial charge on any atom is 0.338 e. The molecule has 0 aliphatic heterocycles. The summed E-state index contributed by atoms with van der Waals surface area (Å²) in [5.41, 5.74) is 0.617. The summed E-state index contributed by atoms with van der Waals surface area (Å²) in [4.78, 5) is 21.8. The molecule has 0 radical (unpaired) electrons. The monoisotopic (exact) mass is 193 g/mol. The quantitative estimate of drug-likeness (QED) is 0.627. The molecule has 0 N–H and O–H groups in total. The van der Waals surface area contributed by atoms with Gasteiger partial charge in [-0.2, -0.15) is 0 Å². The SMILES string of the molecule is COC(=O)c1ccc(C)cc1C(=O)[O-]. The molecule has 0 aromatic heterocycles. The molecule has 14 heavy (non-hydrogen) atoms. The topological polar surface area (TPSA) is 66.4 Å². The van der Waals surface area contributed by atoms with E-state index in [0.29, 0.717) is 0 Å². The standard InChI is InChI=1S/C10H10O4/c1-6-3-4-7(10(13)14-2)8(5-6)9(11)12/h3-5H,1-2H3,(H,11,12)/p-1. The molecule has 0 saturated heterocycles. The van der Waals surface area contributed by atoms with Crippen LogP contribution in [0.25, 0.3) is 0 Å². The highest BCUT2D eigenvalue weighted by Gasteiger charge is 2.11. The Hall–Kier alpha value is -1.84. The van der Waals surface area contributed by atoms with Gasteiger partial charge in [-0.05, 0) is 19.1 Å². The van der Waals surface area contributed by atoms with Crippen molar-refractivity contribution in [2.75, 3.05) is 7.11 Å². The van der Waals surface area contributed by atoms with Crippen molar-refractivity contribution < 1.29 is 19.4 Å². The number of hydrogen-bond donors (Lipinski definition) is 0. The van der Waals surface area contributed by atoms with Crippen LogP contribution in [0.1, 0.15) is 26.3 Å². The molecule has 1 rings (SSSR count). The van der Waals surface area contributed by atoms with Crippen LogP contribution < -0.4 is 5.11 Å². The van der Waals surface area contributed by atoms with Gasteiger partial charge >= 0.3 is 5.97 Å². The fourth-order valence-corrected chi connectivity index (χ4v) is 1.11. The van der Waals surface area contributed by atoms with E-state index in [0.717, 1.165) is 5.56 Å². The maximum absolute atomic E-state index is 11.1. The Balaban J connectivity index is 3.28. The summed E-state index contributed by atoms with van der Waals surface area (Å²) in [6.45, 7) is 1.73. The van der Waals surface area contributed by atoms with E-state index < -0.39 is 11.9 Å². The van der Waals surface area contributed by atoms with Gasteiger partial charge in [0.2, 0.25) is 0 Å². The van der Waals surface area contributed by atoms with Crippen LogP contribution in [0.4, 0.5) is 0 Å². The average Bonchev–Trinajstić information content (AvgIpc) is 2.16. The molecule has 0 amide bonds. The highest BCUT2D eigenvalue weighted by Crippen LogP contribution is 2.11. The van der Waals surface area contributed by atoms with Gasteiger partial charge in [0.25, 0.3) is 0 Å². The second kappa shape index (κ2) is 3.91. The predicted octanol–water partition coefficient (Wildman–Crippen LogP) is 0.145. The van der Waals surface area contributed by atoms with Gasteiger partial charge < -0.3 is 14.6 Å². The van der Waals surface area contributed by atoms with Crippen LogP contribution in [0.15, 0.2) is 18.2 Å². The van der Waals surface area contributed by atoms with Gasteiger partial charge in [0.15, 0.2) is 0 Å². The van der Waals surface area contributed by atoms with Crippen LogP contribution in [-0.2, 0) is 4.74 Å². The van der Waals surface area contributed by atoms with E-state index in [4.69, 9.17) is 0 Å². The van der Waals surface area contributed by atoms with Gasteiger partial charge in [0.1, 0.15) is 0 Å². The lowest BCUT2D eigenvalue weighted by molar-refractivity contribution is -0.255. The average molecular weight is 193 g/mol. The number of carboxylic acids is 1. The summed E-state index contributed by atoms with van der Waals surface area (Å²) in [7, 11) is 1.20.